The summed E-state index contributed by atoms with van der Waals surface area (Å²) in [4.78, 5) is 22.9. The number of rotatable bonds is 5. The maximum Gasteiger partial charge on any atom is 0.329 e. The van der Waals surface area contributed by atoms with Crippen molar-refractivity contribution in [3.63, 3.8) is 0 Å². The van der Waals surface area contributed by atoms with Gasteiger partial charge in [0.2, 0.25) is 10.0 Å². The quantitative estimate of drug-likeness (QED) is 0.336. The molecule has 5 aromatic rings. The fourth-order valence-electron chi connectivity index (χ4n) is 5.77. The van der Waals surface area contributed by atoms with E-state index in [4.69, 9.17) is 0 Å². The molecular weight excluding hydrogens is 514 g/mol. The predicted molar refractivity (Wildman–Crippen MR) is 150 cm³/mol. The van der Waals surface area contributed by atoms with E-state index in [2.05, 4.69) is 21.1 Å². The van der Waals surface area contributed by atoms with Gasteiger partial charge in [-0.3, -0.25) is 23.8 Å². The standard InChI is InChI=1S/C28H29N7O3S/c1-32-16-20(14-31-32)24-9-6-19(13-29-24)18-5-10-25-23(12-18)27-26(15-30-25)33(2)28(36)35(27)21-4-3-11-34(17-21)39(37,38)22-7-8-22/h5-6,9-10,12-16,21-22H,3-4,7-8,11,17H2,1-2H3/t21-/m1/s1. The van der Waals surface area contributed by atoms with E-state index < -0.39 is 10.0 Å². The minimum absolute atomic E-state index is 0.150. The molecule has 1 aromatic carbocycles. The molecule has 11 heteroatoms. The van der Waals surface area contributed by atoms with Crippen LogP contribution in [0.5, 0.6) is 0 Å². The molecule has 1 atom stereocenters. The van der Waals surface area contributed by atoms with E-state index in [-0.39, 0.29) is 17.0 Å². The summed E-state index contributed by atoms with van der Waals surface area (Å²) in [5, 5.41) is 4.83. The molecule has 0 radical (unpaired) electrons. The zero-order chi connectivity index (χ0) is 26.9. The fourth-order valence-corrected chi connectivity index (χ4v) is 7.69. The number of aryl methyl sites for hydroxylation is 2. The summed E-state index contributed by atoms with van der Waals surface area (Å²) in [6, 6.07) is 9.80. The molecule has 4 aromatic heterocycles. The molecule has 1 aliphatic heterocycles. The van der Waals surface area contributed by atoms with E-state index in [1.54, 1.807) is 33.0 Å². The molecule has 1 saturated carbocycles. The molecule has 2 fully saturated rings. The molecule has 0 spiro atoms. The van der Waals surface area contributed by atoms with Crippen LogP contribution in [0.2, 0.25) is 0 Å². The topological polar surface area (TPSA) is 108 Å². The first kappa shape index (κ1) is 24.2. The van der Waals surface area contributed by atoms with Crippen LogP contribution in [-0.4, -0.2) is 59.9 Å². The van der Waals surface area contributed by atoms with Gasteiger partial charge in [-0.2, -0.15) is 9.40 Å². The highest BCUT2D eigenvalue weighted by Crippen LogP contribution is 2.36. The number of imidazole rings is 1. The molecule has 0 amide bonds. The Morgan fingerprint density at radius 3 is 2.46 bits per heavy atom. The van der Waals surface area contributed by atoms with Crippen molar-refractivity contribution in [3.05, 3.63) is 65.6 Å². The Hall–Kier alpha value is -3.83. The number of aromatic nitrogens is 6. The van der Waals surface area contributed by atoms with Crippen LogP contribution in [0.4, 0.5) is 0 Å². The van der Waals surface area contributed by atoms with Crippen LogP contribution in [0.1, 0.15) is 31.7 Å². The van der Waals surface area contributed by atoms with Gasteiger partial charge < -0.3 is 0 Å². The normalized spacial score (nSPS) is 18.8. The summed E-state index contributed by atoms with van der Waals surface area (Å²) in [7, 11) is 0.318. The van der Waals surface area contributed by atoms with Crippen molar-refractivity contribution in [1.82, 2.24) is 33.2 Å². The maximum absolute atomic E-state index is 13.6. The van der Waals surface area contributed by atoms with Gasteiger partial charge in [0.1, 0.15) is 0 Å². The first-order valence-corrected chi connectivity index (χ1v) is 14.8. The second-order valence-corrected chi connectivity index (χ2v) is 12.9. The van der Waals surface area contributed by atoms with Crippen molar-refractivity contribution in [3.8, 4) is 22.4 Å². The molecule has 1 saturated heterocycles. The highest BCUT2D eigenvalue weighted by Gasteiger charge is 2.42. The Morgan fingerprint density at radius 1 is 0.923 bits per heavy atom. The van der Waals surface area contributed by atoms with Crippen molar-refractivity contribution in [1.29, 1.82) is 0 Å². The monoisotopic (exact) mass is 543 g/mol. The molecule has 7 rings (SSSR count). The number of nitrogens with zero attached hydrogens (tertiary/aromatic N) is 7. The molecule has 0 unspecified atom stereocenters. The maximum atomic E-state index is 13.6. The summed E-state index contributed by atoms with van der Waals surface area (Å²) in [5.41, 5.74) is 5.87. The lowest BCUT2D eigenvalue weighted by atomic mass is 10.0. The van der Waals surface area contributed by atoms with Crippen LogP contribution in [0.25, 0.3) is 44.3 Å². The van der Waals surface area contributed by atoms with Crippen LogP contribution in [-0.2, 0) is 24.1 Å². The van der Waals surface area contributed by atoms with Crippen LogP contribution in [0.15, 0.2) is 59.9 Å². The van der Waals surface area contributed by atoms with Crippen molar-refractivity contribution in [2.75, 3.05) is 13.1 Å². The second-order valence-electron chi connectivity index (χ2n) is 10.7. The van der Waals surface area contributed by atoms with Crippen molar-refractivity contribution in [2.24, 2.45) is 14.1 Å². The number of pyridine rings is 2. The average molecular weight is 544 g/mol. The SMILES string of the molecule is Cn1cc(-c2ccc(-c3ccc4ncc5c(c4c3)n([C@@H]3CCCN(S(=O)(=O)C4CC4)C3)c(=O)n5C)cn2)cn1. The number of hydrogen-bond donors (Lipinski definition) is 0. The minimum Gasteiger partial charge on any atom is -0.293 e. The Balaban J connectivity index is 1.33. The van der Waals surface area contributed by atoms with Crippen LogP contribution < -0.4 is 5.69 Å². The molecule has 39 heavy (non-hydrogen) atoms. The summed E-state index contributed by atoms with van der Waals surface area (Å²) in [6.07, 6.45) is 10.2. The number of fused-ring (bicyclic) bond motifs is 3. The van der Waals surface area contributed by atoms with Gasteiger partial charge >= 0.3 is 5.69 Å². The number of piperidine rings is 1. The van der Waals surface area contributed by atoms with Gasteiger partial charge in [-0.05, 0) is 49.4 Å². The van der Waals surface area contributed by atoms with Gasteiger partial charge in [0, 0.05) is 56.1 Å². The van der Waals surface area contributed by atoms with Gasteiger partial charge in [0.05, 0.1) is 45.9 Å². The summed E-state index contributed by atoms with van der Waals surface area (Å²) < 4.78 is 32.8. The number of benzene rings is 1. The van der Waals surface area contributed by atoms with Gasteiger partial charge in [0.25, 0.3) is 0 Å². The van der Waals surface area contributed by atoms with Crippen LogP contribution in [0.3, 0.4) is 0 Å². The largest absolute Gasteiger partial charge is 0.329 e. The first-order valence-electron chi connectivity index (χ1n) is 13.3. The van der Waals surface area contributed by atoms with E-state index in [1.807, 2.05) is 48.3 Å². The molecule has 1 aliphatic carbocycles. The van der Waals surface area contributed by atoms with Crippen molar-refractivity contribution < 1.29 is 8.42 Å². The third-order valence-corrected chi connectivity index (χ3v) is 10.4. The fraction of sp³-hybridized carbons (Fsp3) is 0.357. The molecule has 0 N–H and O–H groups in total. The highest BCUT2D eigenvalue weighted by atomic mass is 32.2. The minimum atomic E-state index is -3.31. The third kappa shape index (κ3) is 3.99. The molecule has 200 valence electrons. The van der Waals surface area contributed by atoms with Crippen LogP contribution >= 0.6 is 0 Å². The van der Waals surface area contributed by atoms with Crippen LogP contribution in [0, 0.1) is 0 Å². The Morgan fingerprint density at radius 2 is 1.74 bits per heavy atom. The lowest BCUT2D eigenvalue weighted by Crippen LogP contribution is -2.44. The number of hydrogen-bond acceptors (Lipinski definition) is 6. The molecule has 5 heterocycles. The van der Waals surface area contributed by atoms with E-state index >= 15 is 0 Å². The molecule has 10 nitrogen and oxygen atoms in total. The molecule has 2 aliphatic rings. The smallest absolute Gasteiger partial charge is 0.293 e. The van der Waals surface area contributed by atoms with E-state index in [1.165, 1.54) is 0 Å². The molecular formula is C28H29N7O3S. The van der Waals surface area contributed by atoms with Gasteiger partial charge in [-0.1, -0.05) is 12.1 Å². The van der Waals surface area contributed by atoms with E-state index in [0.717, 1.165) is 70.0 Å². The zero-order valence-corrected chi connectivity index (χ0v) is 22.7. The summed E-state index contributed by atoms with van der Waals surface area (Å²) in [5.74, 6) is 0. The predicted octanol–water partition coefficient (Wildman–Crippen LogP) is 3.48. The Kier molecular flexibility index (Phi) is 5.50. The van der Waals surface area contributed by atoms with Crippen molar-refractivity contribution >= 4 is 32.0 Å². The number of sulfonamides is 1. The van der Waals surface area contributed by atoms with E-state index in [0.29, 0.717) is 13.1 Å². The molecule has 0 bridgehead atoms. The Bertz CT molecular complexity index is 1900. The summed E-state index contributed by atoms with van der Waals surface area (Å²) >= 11 is 0. The second kappa shape index (κ2) is 8.85. The highest BCUT2D eigenvalue weighted by molar-refractivity contribution is 7.90. The van der Waals surface area contributed by atoms with Gasteiger partial charge in [-0.15, -0.1) is 0 Å². The first-order chi connectivity index (χ1) is 18.8. The van der Waals surface area contributed by atoms with Gasteiger partial charge in [0.15, 0.2) is 0 Å². The van der Waals surface area contributed by atoms with E-state index in [9.17, 15) is 13.2 Å². The van der Waals surface area contributed by atoms with Crippen molar-refractivity contribution in [2.45, 2.75) is 37.0 Å². The average Bonchev–Trinajstić information content (AvgIpc) is 3.68. The van der Waals surface area contributed by atoms with Gasteiger partial charge in [-0.25, -0.2) is 13.2 Å². The third-order valence-electron chi connectivity index (χ3n) is 8.04. The lowest BCUT2D eigenvalue weighted by Gasteiger charge is -2.32. The summed E-state index contributed by atoms with van der Waals surface area (Å²) in [6.45, 7) is 0.838. The zero-order valence-electron chi connectivity index (χ0n) is 21.9. The lowest BCUT2D eigenvalue weighted by molar-refractivity contribution is 0.266. The Labute approximate surface area is 225 Å².